The second-order valence-corrected chi connectivity index (χ2v) is 10.9. The third-order valence-corrected chi connectivity index (χ3v) is 8.01. The molecule has 1 N–H and O–H groups in total. The van der Waals surface area contributed by atoms with Crippen molar-refractivity contribution in [1.82, 2.24) is 9.99 Å². The minimum atomic E-state index is -0.428. The molecule has 3 aromatic carbocycles. The highest BCUT2D eigenvalue weighted by Crippen LogP contribution is 2.42. The zero-order chi connectivity index (χ0) is 32.1. The summed E-state index contributed by atoms with van der Waals surface area (Å²) in [6.07, 6.45) is 0.410. The van der Waals surface area contributed by atoms with Crippen LogP contribution in [0.4, 0.5) is 5.13 Å². The van der Waals surface area contributed by atoms with Gasteiger partial charge in [0.05, 0.1) is 57.0 Å². The summed E-state index contributed by atoms with van der Waals surface area (Å²) in [5.74, 6) is 2.33. The van der Waals surface area contributed by atoms with Gasteiger partial charge in [-0.3, -0.25) is 14.9 Å². The number of rotatable bonds is 12. The fraction of sp³-hybridized carbons (Fsp3) is 0.312. The van der Waals surface area contributed by atoms with Crippen molar-refractivity contribution in [1.29, 1.82) is 0 Å². The maximum Gasteiger partial charge on any atom is 0.264 e. The molecule has 1 atom stereocenters. The Bertz CT molecular complexity index is 1730. The molecule has 12 nitrogen and oxygen atoms in total. The number of anilines is 1. The first-order valence-corrected chi connectivity index (χ1v) is 14.9. The van der Waals surface area contributed by atoms with Crippen LogP contribution < -0.4 is 33.7 Å². The minimum absolute atomic E-state index is 0.232. The molecule has 0 saturated carbocycles. The number of ether oxygens (including phenoxy) is 6. The molecule has 236 valence electrons. The monoisotopic (exact) mass is 634 g/mol. The van der Waals surface area contributed by atoms with E-state index < -0.39 is 6.04 Å². The average Bonchev–Trinajstić information content (AvgIpc) is 3.67. The van der Waals surface area contributed by atoms with Crippen LogP contribution in [0.3, 0.4) is 0 Å². The number of amides is 2. The predicted octanol–water partition coefficient (Wildman–Crippen LogP) is 5.44. The van der Waals surface area contributed by atoms with Gasteiger partial charge < -0.3 is 28.4 Å². The van der Waals surface area contributed by atoms with Gasteiger partial charge in [0.25, 0.3) is 5.91 Å². The van der Waals surface area contributed by atoms with E-state index in [0.29, 0.717) is 52.6 Å². The molecule has 1 aromatic heterocycles. The summed E-state index contributed by atoms with van der Waals surface area (Å²) in [7, 11) is 6.13. The smallest absolute Gasteiger partial charge is 0.264 e. The number of fused-ring (bicyclic) bond motifs is 1. The summed E-state index contributed by atoms with van der Waals surface area (Å²) in [5, 5.41) is 9.32. The largest absolute Gasteiger partial charge is 0.494 e. The van der Waals surface area contributed by atoms with Gasteiger partial charge in [0.15, 0.2) is 34.7 Å². The molecule has 5 rings (SSSR count). The number of hydrogen-bond donors (Lipinski definition) is 1. The van der Waals surface area contributed by atoms with Gasteiger partial charge in [0, 0.05) is 18.9 Å². The molecule has 0 saturated heterocycles. The fourth-order valence-corrected chi connectivity index (χ4v) is 5.92. The van der Waals surface area contributed by atoms with Gasteiger partial charge in [0.2, 0.25) is 11.7 Å². The van der Waals surface area contributed by atoms with E-state index in [1.807, 2.05) is 31.2 Å². The zero-order valence-corrected chi connectivity index (χ0v) is 26.6. The van der Waals surface area contributed by atoms with Crippen molar-refractivity contribution in [3.8, 4) is 34.5 Å². The standard InChI is InChI=1S/C32H34N4O8S/c1-7-43-21-9-10-22-29(15-21)45-32(33-22)34-30(38)17-44-26-12-19(8-11-25(26)39-3)24-16-23(35-36(24)18(2)37)20-13-27(40-4)31(42-6)28(14-20)41-5/h8-15,24H,7,16-17H2,1-6H3,(H,33,34,38). The van der Waals surface area contributed by atoms with Crippen LogP contribution in [0, 0.1) is 0 Å². The second kappa shape index (κ2) is 13.7. The van der Waals surface area contributed by atoms with Gasteiger partial charge in [0.1, 0.15) is 5.75 Å². The first kappa shape index (κ1) is 31.4. The minimum Gasteiger partial charge on any atom is -0.494 e. The summed E-state index contributed by atoms with van der Waals surface area (Å²) < 4.78 is 34.3. The van der Waals surface area contributed by atoms with E-state index in [1.165, 1.54) is 37.5 Å². The average molecular weight is 635 g/mol. The molecule has 0 spiro atoms. The molecule has 0 radical (unpaired) electrons. The Balaban J connectivity index is 1.33. The number of methoxy groups -OCH3 is 4. The lowest BCUT2D eigenvalue weighted by Gasteiger charge is -2.21. The van der Waals surface area contributed by atoms with Crippen molar-refractivity contribution >= 4 is 44.2 Å². The van der Waals surface area contributed by atoms with Crippen molar-refractivity contribution in [2.45, 2.75) is 26.3 Å². The molecule has 4 aromatic rings. The molecule has 1 unspecified atom stereocenters. The maximum atomic E-state index is 12.8. The Morgan fingerprint density at radius 3 is 2.29 bits per heavy atom. The molecule has 2 amide bonds. The first-order chi connectivity index (χ1) is 21.8. The second-order valence-electron chi connectivity index (χ2n) is 9.87. The first-order valence-electron chi connectivity index (χ1n) is 14.1. The molecule has 0 aliphatic carbocycles. The van der Waals surface area contributed by atoms with Gasteiger partial charge in [-0.25, -0.2) is 9.99 Å². The van der Waals surface area contributed by atoms with Gasteiger partial charge in [-0.2, -0.15) is 5.10 Å². The Labute approximate surface area is 264 Å². The van der Waals surface area contributed by atoms with E-state index in [2.05, 4.69) is 15.4 Å². The molecule has 2 heterocycles. The number of aromatic nitrogens is 1. The zero-order valence-electron chi connectivity index (χ0n) is 25.8. The van der Waals surface area contributed by atoms with E-state index >= 15 is 0 Å². The van der Waals surface area contributed by atoms with Crippen LogP contribution in [0.1, 0.15) is 37.4 Å². The van der Waals surface area contributed by atoms with E-state index in [0.717, 1.165) is 27.1 Å². The number of carbonyl (C=O) groups excluding carboxylic acids is 2. The predicted molar refractivity (Wildman–Crippen MR) is 170 cm³/mol. The number of nitrogens with zero attached hydrogens (tertiary/aromatic N) is 3. The summed E-state index contributed by atoms with van der Waals surface area (Å²) in [6.45, 7) is 3.65. The van der Waals surface area contributed by atoms with E-state index in [9.17, 15) is 9.59 Å². The summed E-state index contributed by atoms with van der Waals surface area (Å²) >= 11 is 1.35. The number of hydrogen-bond acceptors (Lipinski definition) is 11. The number of hydrazone groups is 1. The summed E-state index contributed by atoms with van der Waals surface area (Å²) in [4.78, 5) is 30.0. The summed E-state index contributed by atoms with van der Waals surface area (Å²) in [6, 6.07) is 14.1. The highest BCUT2D eigenvalue weighted by molar-refractivity contribution is 7.22. The summed E-state index contributed by atoms with van der Waals surface area (Å²) in [5.41, 5.74) is 2.90. The van der Waals surface area contributed by atoms with Crippen LogP contribution in [0.15, 0.2) is 53.6 Å². The van der Waals surface area contributed by atoms with Crippen molar-refractivity contribution in [3.05, 3.63) is 59.7 Å². The Kier molecular flexibility index (Phi) is 9.57. The Morgan fingerprint density at radius 1 is 0.911 bits per heavy atom. The topological polar surface area (TPSA) is 130 Å². The van der Waals surface area contributed by atoms with Crippen molar-refractivity contribution in [2.75, 3.05) is 47.0 Å². The molecular weight excluding hydrogens is 600 g/mol. The van der Waals surface area contributed by atoms with E-state index in [1.54, 1.807) is 38.5 Å². The molecule has 1 aliphatic heterocycles. The van der Waals surface area contributed by atoms with Gasteiger partial charge in [-0.1, -0.05) is 17.4 Å². The maximum absolute atomic E-state index is 12.8. The number of thiazole rings is 1. The van der Waals surface area contributed by atoms with Crippen LogP contribution in [-0.2, 0) is 9.59 Å². The van der Waals surface area contributed by atoms with Crippen molar-refractivity contribution < 1.29 is 38.0 Å². The lowest BCUT2D eigenvalue weighted by Crippen LogP contribution is -2.24. The van der Waals surface area contributed by atoms with Gasteiger partial charge in [-0.05, 0) is 55.0 Å². The molecule has 1 aliphatic rings. The lowest BCUT2D eigenvalue weighted by molar-refractivity contribution is -0.130. The van der Waals surface area contributed by atoms with Crippen LogP contribution in [0.25, 0.3) is 10.2 Å². The van der Waals surface area contributed by atoms with Crippen molar-refractivity contribution in [2.24, 2.45) is 5.10 Å². The molecule has 0 bridgehead atoms. The Morgan fingerprint density at radius 2 is 1.64 bits per heavy atom. The normalized spacial score (nSPS) is 14.1. The van der Waals surface area contributed by atoms with E-state index in [4.69, 9.17) is 28.4 Å². The highest BCUT2D eigenvalue weighted by Gasteiger charge is 2.33. The third-order valence-electron chi connectivity index (χ3n) is 7.08. The van der Waals surface area contributed by atoms with Crippen LogP contribution >= 0.6 is 11.3 Å². The lowest BCUT2D eigenvalue weighted by atomic mass is 9.97. The number of nitrogens with one attached hydrogen (secondary N) is 1. The van der Waals surface area contributed by atoms with Crippen molar-refractivity contribution in [3.63, 3.8) is 0 Å². The van der Waals surface area contributed by atoms with Crippen LogP contribution in [-0.4, -0.2) is 69.2 Å². The molecule has 45 heavy (non-hydrogen) atoms. The Hall–Kier alpha value is -5.04. The fourth-order valence-electron chi connectivity index (χ4n) is 5.01. The number of carbonyl (C=O) groups is 2. The molecular formula is C32H34N4O8S. The highest BCUT2D eigenvalue weighted by atomic mass is 32.1. The van der Waals surface area contributed by atoms with Gasteiger partial charge in [-0.15, -0.1) is 0 Å². The quantitative estimate of drug-likeness (QED) is 0.216. The SMILES string of the molecule is CCOc1ccc2nc(NC(=O)COc3cc(C4CC(c5cc(OC)c(OC)c(OC)c5)=NN4C(C)=O)ccc3OC)sc2c1. The molecule has 13 heteroatoms. The number of benzene rings is 3. The van der Waals surface area contributed by atoms with Crippen LogP contribution in [0.2, 0.25) is 0 Å². The van der Waals surface area contributed by atoms with Crippen LogP contribution in [0.5, 0.6) is 34.5 Å². The third kappa shape index (κ3) is 6.73. The van der Waals surface area contributed by atoms with Gasteiger partial charge >= 0.3 is 0 Å². The molecule has 0 fully saturated rings. The van der Waals surface area contributed by atoms with E-state index in [-0.39, 0.29) is 18.4 Å².